The van der Waals surface area contributed by atoms with Crippen molar-refractivity contribution in [1.82, 2.24) is 20.0 Å². The molecule has 2 amide bonds. The summed E-state index contributed by atoms with van der Waals surface area (Å²) in [5.41, 5.74) is 2.78. The molecule has 269 valence electrons. The molecule has 2 rings (SSSR count). The number of rotatable bonds is 22. The Balaban J connectivity index is 1.61. The zero-order valence-electron chi connectivity index (χ0n) is 30.9. The molecule has 0 aliphatic carbocycles. The van der Waals surface area contributed by atoms with Gasteiger partial charge in [-0.15, -0.1) is 10.6 Å². The number of ketones is 1. The van der Waals surface area contributed by atoms with Gasteiger partial charge in [0.15, 0.2) is 0 Å². The smallest absolute Gasteiger partial charge is 0.303 e. The number of piperazine rings is 1. The second kappa shape index (κ2) is 21.9. The quantitative estimate of drug-likeness (QED) is 0.0475. The standard InChI is InChI=1S/C35H65BN5O4S2/c1-10-32(45-24-29(6)33(43)26(2)3)13-11-12-27(4)23-37-38-34(44)28(5)22-30(7)35(8,9)46-47-36-41-20-18-40(19-21-41)31-14-16-39(25-42)17-15-31/h23,25-32H,10-22,24H2,1-9H3,(H,38,44)/b37-23+. The molecule has 2 aliphatic rings. The fraction of sp³-hybridized carbons (Fsp3) is 0.886. The molecule has 0 aromatic heterocycles. The highest BCUT2D eigenvalue weighted by Gasteiger charge is 2.31. The fourth-order valence-corrected chi connectivity index (χ4v) is 8.81. The van der Waals surface area contributed by atoms with Gasteiger partial charge in [0.05, 0.1) is 12.7 Å². The minimum absolute atomic E-state index is 0.0178. The Morgan fingerprint density at radius 2 is 1.66 bits per heavy atom. The van der Waals surface area contributed by atoms with Crippen LogP contribution in [0.2, 0.25) is 0 Å². The molecule has 2 fully saturated rings. The number of hydrazone groups is 1. The lowest BCUT2D eigenvalue weighted by atomic mass is 9.87. The lowest BCUT2D eigenvalue weighted by Gasteiger charge is -2.42. The first-order chi connectivity index (χ1) is 22.3. The van der Waals surface area contributed by atoms with Gasteiger partial charge < -0.3 is 14.4 Å². The minimum Gasteiger partial charge on any atom is -0.377 e. The predicted molar refractivity (Wildman–Crippen MR) is 200 cm³/mol. The first-order valence-electron chi connectivity index (χ1n) is 18.1. The van der Waals surface area contributed by atoms with Crippen LogP contribution in [0.5, 0.6) is 0 Å². The molecule has 5 atom stereocenters. The minimum atomic E-state index is -0.120. The molecule has 0 aromatic carbocycles. The number of amides is 2. The number of nitrogens with zero attached hydrogens (tertiary/aromatic N) is 4. The first kappa shape index (κ1) is 42.1. The fourth-order valence-electron chi connectivity index (χ4n) is 6.19. The van der Waals surface area contributed by atoms with E-state index in [4.69, 9.17) is 4.74 Å². The Labute approximate surface area is 295 Å². The van der Waals surface area contributed by atoms with Gasteiger partial charge in [-0.2, -0.15) is 5.10 Å². The Morgan fingerprint density at radius 3 is 2.26 bits per heavy atom. The summed E-state index contributed by atoms with van der Waals surface area (Å²) in [6.45, 7) is 27.7. The second-order valence-corrected chi connectivity index (χ2v) is 17.6. The van der Waals surface area contributed by atoms with Crippen LogP contribution in [-0.2, 0) is 19.1 Å². The lowest BCUT2D eigenvalue weighted by Crippen LogP contribution is -2.53. The third kappa shape index (κ3) is 15.6. The van der Waals surface area contributed by atoms with E-state index in [2.05, 4.69) is 61.5 Å². The molecule has 0 bridgehead atoms. The van der Waals surface area contributed by atoms with Crippen LogP contribution in [0.4, 0.5) is 0 Å². The van der Waals surface area contributed by atoms with Crippen molar-refractivity contribution in [3.63, 3.8) is 0 Å². The number of nitrogens with one attached hydrogen (secondary N) is 1. The van der Waals surface area contributed by atoms with Crippen molar-refractivity contribution < 1.29 is 19.1 Å². The lowest BCUT2D eigenvalue weighted by molar-refractivity contribution is -0.128. The summed E-state index contributed by atoms with van der Waals surface area (Å²) in [7, 11) is 3.70. The van der Waals surface area contributed by atoms with Crippen LogP contribution in [0.25, 0.3) is 0 Å². The molecule has 2 heterocycles. The third-order valence-corrected chi connectivity index (χ3v) is 13.2. The number of hydrogen-bond donors (Lipinski definition) is 1. The van der Waals surface area contributed by atoms with Gasteiger partial charge in [0, 0.05) is 74.0 Å². The maximum absolute atomic E-state index is 12.8. The SMILES string of the molecule is CCC(CCCC(C)/C=N/NC(=O)C(C)CC(C)C(C)(C)SS[B]N1CCN(C2CCN(C=O)CC2)CC1)OCC(C)C(=O)C(C)C. The van der Waals surface area contributed by atoms with Gasteiger partial charge in [0.1, 0.15) is 5.78 Å². The van der Waals surface area contributed by atoms with Crippen LogP contribution in [0.3, 0.4) is 0 Å². The van der Waals surface area contributed by atoms with E-state index in [9.17, 15) is 14.4 Å². The molecule has 47 heavy (non-hydrogen) atoms. The van der Waals surface area contributed by atoms with Crippen molar-refractivity contribution in [1.29, 1.82) is 0 Å². The highest BCUT2D eigenvalue weighted by molar-refractivity contribution is 8.85. The van der Waals surface area contributed by atoms with E-state index in [0.717, 1.165) is 90.6 Å². The second-order valence-electron chi connectivity index (χ2n) is 14.9. The largest absolute Gasteiger partial charge is 0.377 e. The maximum atomic E-state index is 12.8. The molecule has 5 unspecified atom stereocenters. The molecule has 0 saturated carbocycles. The van der Waals surface area contributed by atoms with E-state index in [0.29, 0.717) is 18.6 Å². The molecular weight excluding hydrogens is 629 g/mol. The summed E-state index contributed by atoms with van der Waals surface area (Å²) < 4.78 is 6.07. The predicted octanol–water partition coefficient (Wildman–Crippen LogP) is 6.15. The Morgan fingerprint density at radius 1 is 1.00 bits per heavy atom. The normalized spacial score (nSPS) is 20.6. The van der Waals surface area contributed by atoms with Gasteiger partial charge in [-0.05, 0) is 64.2 Å². The number of ether oxygens (including phenoxy) is 1. The molecule has 1 N–H and O–H groups in total. The zero-order chi connectivity index (χ0) is 35.0. The Bertz CT molecular complexity index is 958. The summed E-state index contributed by atoms with van der Waals surface area (Å²) in [6, 6.07) is 0.608. The third-order valence-electron chi connectivity index (χ3n) is 10.1. The van der Waals surface area contributed by atoms with Gasteiger partial charge in [-0.3, -0.25) is 19.3 Å². The molecule has 0 spiro atoms. The van der Waals surface area contributed by atoms with E-state index in [1.165, 1.54) is 0 Å². The highest BCUT2D eigenvalue weighted by atomic mass is 33.1. The van der Waals surface area contributed by atoms with Crippen LogP contribution in [-0.4, -0.2) is 108 Å². The van der Waals surface area contributed by atoms with Crippen LogP contribution in [0, 0.1) is 29.6 Å². The van der Waals surface area contributed by atoms with E-state index in [1.54, 1.807) is 0 Å². The molecular formula is C35H65BN5O4S2. The monoisotopic (exact) mass is 694 g/mol. The van der Waals surface area contributed by atoms with Gasteiger partial charge in [-0.25, -0.2) is 5.43 Å². The molecule has 2 aliphatic heterocycles. The summed E-state index contributed by atoms with van der Waals surface area (Å²) in [5, 5.41) is 4.29. The topological polar surface area (TPSA) is 94.6 Å². The highest BCUT2D eigenvalue weighted by Crippen LogP contribution is 2.42. The van der Waals surface area contributed by atoms with Crippen molar-refractivity contribution in [2.45, 2.75) is 124 Å². The average molecular weight is 695 g/mol. The van der Waals surface area contributed by atoms with Gasteiger partial charge in [0.2, 0.25) is 12.3 Å². The van der Waals surface area contributed by atoms with Crippen molar-refractivity contribution in [2.75, 3.05) is 45.9 Å². The van der Waals surface area contributed by atoms with Gasteiger partial charge in [0.25, 0.3) is 0 Å². The Hall–Kier alpha value is -1.08. The van der Waals surface area contributed by atoms with E-state index in [-0.39, 0.29) is 46.2 Å². The van der Waals surface area contributed by atoms with Crippen LogP contribution >= 0.6 is 21.4 Å². The molecule has 0 aromatic rings. The summed E-state index contributed by atoms with van der Waals surface area (Å²) >= 11 is 0. The number of carbonyl (C=O) groups is 3. The van der Waals surface area contributed by atoms with Gasteiger partial charge >= 0.3 is 6.69 Å². The maximum Gasteiger partial charge on any atom is 0.303 e. The van der Waals surface area contributed by atoms with Crippen LogP contribution < -0.4 is 5.43 Å². The van der Waals surface area contributed by atoms with Crippen LogP contribution in [0.1, 0.15) is 107 Å². The van der Waals surface area contributed by atoms with E-state index in [1.807, 2.05) is 60.2 Å². The van der Waals surface area contributed by atoms with Crippen molar-refractivity contribution in [3.8, 4) is 0 Å². The molecule has 9 nitrogen and oxygen atoms in total. The average Bonchev–Trinajstić information content (AvgIpc) is 3.05. The van der Waals surface area contributed by atoms with E-state index >= 15 is 0 Å². The zero-order valence-corrected chi connectivity index (χ0v) is 32.5. The van der Waals surface area contributed by atoms with Gasteiger partial charge in [-0.1, -0.05) is 65.7 Å². The summed E-state index contributed by atoms with van der Waals surface area (Å²) in [6.07, 6.45) is 9.87. The first-order valence-corrected chi connectivity index (χ1v) is 20.3. The number of Topliss-reactive ketones (excluding diaryl/α,β-unsaturated/α-hetero) is 1. The van der Waals surface area contributed by atoms with Crippen molar-refractivity contribution >= 4 is 52.4 Å². The van der Waals surface area contributed by atoms with E-state index < -0.39 is 0 Å². The molecule has 2 saturated heterocycles. The van der Waals surface area contributed by atoms with Crippen molar-refractivity contribution in [3.05, 3.63) is 0 Å². The molecule has 12 heteroatoms. The number of hydrogen-bond acceptors (Lipinski definition) is 9. The summed E-state index contributed by atoms with van der Waals surface area (Å²) in [5.74, 6) is 0.711. The number of likely N-dealkylation sites (tertiary alicyclic amines) is 1. The Kier molecular flexibility index (Phi) is 19.6. The van der Waals surface area contributed by atoms with Crippen LogP contribution in [0.15, 0.2) is 5.10 Å². The summed E-state index contributed by atoms with van der Waals surface area (Å²) in [4.78, 5) is 42.9. The van der Waals surface area contributed by atoms with Crippen molar-refractivity contribution in [2.24, 2.45) is 34.7 Å². The number of carbonyl (C=O) groups excluding carboxylic acids is 3. The molecule has 1 radical (unpaired) electrons. The number of piperidine rings is 1.